The lowest BCUT2D eigenvalue weighted by atomic mass is 9.90. The third-order valence-electron chi connectivity index (χ3n) is 5.64. The van der Waals surface area contributed by atoms with Crippen LogP contribution in [-0.2, 0) is 21.2 Å². The van der Waals surface area contributed by atoms with Crippen molar-refractivity contribution in [2.75, 3.05) is 13.1 Å². The summed E-state index contributed by atoms with van der Waals surface area (Å²) in [5.74, 6) is 0.774. The summed E-state index contributed by atoms with van der Waals surface area (Å²) in [6.07, 6.45) is 2.98. The van der Waals surface area contributed by atoms with Gasteiger partial charge in [0.15, 0.2) is 0 Å². The minimum Gasteiger partial charge on any atom is -0.341 e. The molecule has 0 radical (unpaired) electrons. The Hall–Kier alpha value is -2.67. The van der Waals surface area contributed by atoms with E-state index in [0.29, 0.717) is 24.6 Å². The number of likely N-dealkylation sites (tertiary alicyclic amines) is 1. The summed E-state index contributed by atoms with van der Waals surface area (Å²) in [7, 11) is -3.59. The average Bonchev–Trinajstić information content (AvgIpc) is 2.99. The molecule has 152 valence electrons. The lowest BCUT2D eigenvalue weighted by Gasteiger charge is -2.33. The summed E-state index contributed by atoms with van der Waals surface area (Å²) in [4.78, 5) is 19.3. The lowest BCUT2D eigenvalue weighted by Crippen LogP contribution is -2.43. The topological polar surface area (TPSA) is 78.8 Å². The molecular weight excluding hydrogens is 386 g/mol. The summed E-state index contributed by atoms with van der Waals surface area (Å²) in [5.41, 5.74) is 1.86. The van der Waals surface area contributed by atoms with Crippen LogP contribution in [0.5, 0.6) is 0 Å². The number of piperidine rings is 1. The maximum Gasteiger partial charge on any atom is 0.263 e. The van der Waals surface area contributed by atoms with E-state index >= 15 is 0 Å². The van der Waals surface area contributed by atoms with E-state index < -0.39 is 16.1 Å². The van der Waals surface area contributed by atoms with Crippen LogP contribution in [0, 0.1) is 5.92 Å². The number of amidine groups is 1. The van der Waals surface area contributed by atoms with Gasteiger partial charge in [0.05, 0.1) is 4.90 Å². The summed E-state index contributed by atoms with van der Waals surface area (Å²) in [6.45, 7) is 3.16. The number of aliphatic imine (C=N–C) groups is 1. The summed E-state index contributed by atoms with van der Waals surface area (Å²) < 4.78 is 26.9. The average molecular weight is 412 g/mol. The fourth-order valence-corrected chi connectivity index (χ4v) is 5.29. The van der Waals surface area contributed by atoms with Gasteiger partial charge in [0, 0.05) is 18.7 Å². The van der Waals surface area contributed by atoms with E-state index in [0.717, 1.165) is 19.3 Å². The molecule has 2 aliphatic rings. The van der Waals surface area contributed by atoms with Gasteiger partial charge < -0.3 is 4.90 Å². The van der Waals surface area contributed by atoms with Crippen LogP contribution in [-0.4, -0.2) is 44.2 Å². The Bertz CT molecular complexity index is 1030. The van der Waals surface area contributed by atoms with Gasteiger partial charge in [-0.05, 0) is 49.8 Å². The second kappa shape index (κ2) is 7.99. The van der Waals surface area contributed by atoms with Crippen LogP contribution >= 0.6 is 0 Å². The Balaban J connectivity index is 1.39. The SMILES string of the molecule is C[C@H](N=C1NS(=O)(=O)c2ccccc21)C(=O)N1CCC(Cc2ccccc2)CC1. The van der Waals surface area contributed by atoms with E-state index in [-0.39, 0.29) is 16.6 Å². The number of fused-ring (bicyclic) bond motifs is 1. The largest absolute Gasteiger partial charge is 0.341 e. The molecule has 1 atom stereocenters. The zero-order chi connectivity index (χ0) is 20.4. The molecule has 1 amide bonds. The van der Waals surface area contributed by atoms with Crippen molar-refractivity contribution in [2.24, 2.45) is 10.9 Å². The Morgan fingerprint density at radius 1 is 1.10 bits per heavy atom. The van der Waals surface area contributed by atoms with Crippen molar-refractivity contribution in [3.63, 3.8) is 0 Å². The molecule has 0 spiro atoms. The van der Waals surface area contributed by atoms with Gasteiger partial charge in [-0.15, -0.1) is 0 Å². The van der Waals surface area contributed by atoms with Gasteiger partial charge in [-0.1, -0.05) is 42.5 Å². The first-order chi connectivity index (χ1) is 13.9. The molecule has 0 aromatic heterocycles. The van der Waals surface area contributed by atoms with Crippen molar-refractivity contribution < 1.29 is 13.2 Å². The highest BCUT2D eigenvalue weighted by Crippen LogP contribution is 2.24. The van der Waals surface area contributed by atoms with Crippen LogP contribution in [0.15, 0.2) is 64.5 Å². The Morgan fingerprint density at radius 3 is 2.48 bits per heavy atom. The number of amides is 1. The van der Waals surface area contributed by atoms with Crippen molar-refractivity contribution in [3.8, 4) is 0 Å². The van der Waals surface area contributed by atoms with Crippen LogP contribution in [0.4, 0.5) is 0 Å². The standard InChI is InChI=1S/C22H25N3O3S/c1-16(23-21-19-9-5-6-10-20(19)29(27,28)24-21)22(26)25-13-11-18(12-14-25)15-17-7-3-2-4-8-17/h2-10,16,18H,11-15H2,1H3,(H,23,24)/t16-/m0/s1. The molecular formula is C22H25N3O3S. The fraction of sp³-hybridized carbons (Fsp3) is 0.364. The predicted octanol–water partition coefficient (Wildman–Crippen LogP) is 2.59. The molecule has 29 heavy (non-hydrogen) atoms. The zero-order valence-corrected chi connectivity index (χ0v) is 17.2. The number of nitrogens with one attached hydrogen (secondary N) is 1. The van der Waals surface area contributed by atoms with Crippen molar-refractivity contribution in [3.05, 3.63) is 65.7 Å². The number of benzene rings is 2. The Kier molecular flexibility index (Phi) is 5.41. The van der Waals surface area contributed by atoms with E-state index in [1.54, 1.807) is 31.2 Å². The second-order valence-electron chi connectivity index (χ2n) is 7.71. The summed E-state index contributed by atoms with van der Waals surface area (Å²) in [6, 6.07) is 16.5. The van der Waals surface area contributed by atoms with E-state index in [1.807, 2.05) is 11.0 Å². The Morgan fingerprint density at radius 2 is 1.76 bits per heavy atom. The van der Waals surface area contributed by atoms with Crippen molar-refractivity contribution in [2.45, 2.75) is 37.1 Å². The molecule has 1 N–H and O–H groups in total. The van der Waals surface area contributed by atoms with Gasteiger partial charge in [0.25, 0.3) is 10.0 Å². The van der Waals surface area contributed by atoms with Crippen LogP contribution in [0.25, 0.3) is 0 Å². The van der Waals surface area contributed by atoms with Crippen LogP contribution in [0.1, 0.15) is 30.9 Å². The number of nitrogens with zero attached hydrogens (tertiary/aromatic N) is 2. The maximum atomic E-state index is 12.9. The molecule has 0 saturated carbocycles. The smallest absolute Gasteiger partial charge is 0.263 e. The van der Waals surface area contributed by atoms with Crippen LogP contribution < -0.4 is 4.72 Å². The van der Waals surface area contributed by atoms with Gasteiger partial charge in [-0.25, -0.2) is 8.42 Å². The van der Waals surface area contributed by atoms with E-state index in [1.165, 1.54) is 5.56 Å². The molecule has 2 heterocycles. The zero-order valence-electron chi connectivity index (χ0n) is 16.4. The van der Waals surface area contributed by atoms with E-state index in [4.69, 9.17) is 0 Å². The fourth-order valence-electron chi connectivity index (χ4n) is 4.05. The van der Waals surface area contributed by atoms with Crippen LogP contribution in [0.2, 0.25) is 0 Å². The van der Waals surface area contributed by atoms with Crippen molar-refractivity contribution in [1.82, 2.24) is 9.62 Å². The Labute approximate surface area is 171 Å². The number of hydrogen-bond donors (Lipinski definition) is 1. The first-order valence-corrected chi connectivity index (χ1v) is 11.4. The second-order valence-corrected chi connectivity index (χ2v) is 9.36. The quantitative estimate of drug-likeness (QED) is 0.840. The summed E-state index contributed by atoms with van der Waals surface area (Å²) >= 11 is 0. The highest BCUT2D eigenvalue weighted by atomic mass is 32.2. The van der Waals surface area contributed by atoms with Gasteiger partial charge in [0.2, 0.25) is 5.91 Å². The lowest BCUT2D eigenvalue weighted by molar-refractivity contribution is -0.133. The maximum absolute atomic E-state index is 12.9. The van der Waals surface area contributed by atoms with Crippen LogP contribution in [0.3, 0.4) is 0 Å². The minimum absolute atomic E-state index is 0.0563. The molecule has 4 rings (SSSR count). The molecule has 2 aromatic rings. The number of carbonyl (C=O) groups excluding carboxylic acids is 1. The summed E-state index contributed by atoms with van der Waals surface area (Å²) in [5, 5.41) is 0. The monoisotopic (exact) mass is 411 g/mol. The minimum atomic E-state index is -3.59. The molecule has 0 bridgehead atoms. The molecule has 6 nitrogen and oxygen atoms in total. The third-order valence-corrected chi connectivity index (χ3v) is 7.03. The molecule has 2 aliphatic heterocycles. The molecule has 0 aliphatic carbocycles. The molecule has 0 unspecified atom stereocenters. The van der Waals surface area contributed by atoms with E-state index in [2.05, 4.69) is 34.0 Å². The van der Waals surface area contributed by atoms with E-state index in [9.17, 15) is 13.2 Å². The number of carbonyl (C=O) groups is 1. The number of rotatable bonds is 4. The van der Waals surface area contributed by atoms with Gasteiger partial charge in [0.1, 0.15) is 11.9 Å². The van der Waals surface area contributed by atoms with Gasteiger partial charge in [-0.2, -0.15) is 0 Å². The molecule has 2 aromatic carbocycles. The number of hydrogen-bond acceptors (Lipinski definition) is 4. The third kappa shape index (κ3) is 4.19. The van der Waals surface area contributed by atoms with Crippen molar-refractivity contribution >= 4 is 21.8 Å². The predicted molar refractivity (Wildman–Crippen MR) is 112 cm³/mol. The van der Waals surface area contributed by atoms with Crippen molar-refractivity contribution in [1.29, 1.82) is 0 Å². The van der Waals surface area contributed by atoms with Gasteiger partial charge >= 0.3 is 0 Å². The highest BCUT2D eigenvalue weighted by molar-refractivity contribution is 7.90. The molecule has 1 fully saturated rings. The molecule has 1 saturated heterocycles. The van der Waals surface area contributed by atoms with Gasteiger partial charge in [-0.3, -0.25) is 14.5 Å². The number of sulfonamides is 1. The first kappa shape index (κ1) is 19.6. The normalized spacial score (nSPS) is 20.9. The molecule has 7 heteroatoms. The first-order valence-electron chi connectivity index (χ1n) is 9.97. The highest BCUT2D eigenvalue weighted by Gasteiger charge is 2.32.